The Morgan fingerprint density at radius 1 is 1.16 bits per heavy atom. The summed E-state index contributed by atoms with van der Waals surface area (Å²) in [5, 5.41) is 12.3. The summed E-state index contributed by atoms with van der Waals surface area (Å²) in [6, 6.07) is 13.8. The summed E-state index contributed by atoms with van der Waals surface area (Å²) in [6.45, 7) is 7.67. The van der Waals surface area contributed by atoms with Gasteiger partial charge in [0.25, 0.3) is 5.56 Å². The molecule has 10 heteroatoms. The summed E-state index contributed by atoms with van der Waals surface area (Å²) in [5.41, 5.74) is 0.145. The van der Waals surface area contributed by atoms with E-state index in [1.54, 1.807) is 41.5 Å². The molecule has 0 bridgehead atoms. The van der Waals surface area contributed by atoms with Crippen molar-refractivity contribution in [2.75, 3.05) is 19.0 Å². The Kier molecular flexibility index (Phi) is 9.21. The number of carboxylic acid groups (broad SMARTS) is 1. The van der Waals surface area contributed by atoms with Gasteiger partial charge in [0.1, 0.15) is 5.82 Å². The van der Waals surface area contributed by atoms with E-state index in [0.717, 1.165) is 5.56 Å². The molecule has 3 rings (SSSR count). The van der Waals surface area contributed by atoms with Crippen molar-refractivity contribution in [3.63, 3.8) is 0 Å². The highest BCUT2D eigenvalue weighted by Gasteiger charge is 2.38. The van der Waals surface area contributed by atoms with Gasteiger partial charge in [0.2, 0.25) is 5.91 Å². The van der Waals surface area contributed by atoms with Crippen LogP contribution in [0.15, 0.2) is 53.3 Å². The van der Waals surface area contributed by atoms with Gasteiger partial charge in [0, 0.05) is 24.0 Å². The molecule has 0 aliphatic rings. The predicted octanol–water partition coefficient (Wildman–Crippen LogP) is 5.16. The SMILES string of the molecule is CC(C)C(c1nc2cc(Cl)ccc2c(=O)n1Cc1ccccc1)N(CCNC(=O)O)C(=O)C(C)(C)CCl. The number of nitrogens with zero attached hydrogens (tertiary/aromatic N) is 3. The summed E-state index contributed by atoms with van der Waals surface area (Å²) in [4.78, 5) is 45.2. The van der Waals surface area contributed by atoms with Gasteiger partial charge in [-0.1, -0.05) is 55.8 Å². The van der Waals surface area contributed by atoms with Crippen LogP contribution >= 0.6 is 23.2 Å². The zero-order chi connectivity index (χ0) is 27.3. The Morgan fingerprint density at radius 2 is 1.84 bits per heavy atom. The maximum Gasteiger partial charge on any atom is 0.404 e. The number of nitrogens with one attached hydrogen (secondary N) is 1. The number of halogens is 2. The highest BCUT2D eigenvalue weighted by molar-refractivity contribution is 6.31. The normalized spacial score (nSPS) is 12.5. The van der Waals surface area contributed by atoms with Crippen LogP contribution in [0.4, 0.5) is 4.79 Å². The first-order valence-electron chi connectivity index (χ1n) is 12.0. The summed E-state index contributed by atoms with van der Waals surface area (Å²) < 4.78 is 1.59. The lowest BCUT2D eigenvalue weighted by Crippen LogP contribution is -2.49. The van der Waals surface area contributed by atoms with Gasteiger partial charge in [-0.05, 0) is 43.5 Å². The smallest absolute Gasteiger partial charge is 0.404 e. The Morgan fingerprint density at radius 3 is 2.43 bits per heavy atom. The molecule has 8 nitrogen and oxygen atoms in total. The maximum atomic E-state index is 13.8. The highest BCUT2D eigenvalue weighted by atomic mass is 35.5. The van der Waals surface area contributed by atoms with Gasteiger partial charge >= 0.3 is 6.09 Å². The van der Waals surface area contributed by atoms with Crippen LogP contribution in [-0.2, 0) is 11.3 Å². The molecule has 1 heterocycles. The van der Waals surface area contributed by atoms with Crippen LogP contribution in [0.2, 0.25) is 5.02 Å². The van der Waals surface area contributed by atoms with Crippen molar-refractivity contribution in [1.82, 2.24) is 19.8 Å². The lowest BCUT2D eigenvalue weighted by molar-refractivity contribution is -0.143. The molecular weight excluding hydrogens is 515 g/mol. The van der Waals surface area contributed by atoms with Crippen molar-refractivity contribution in [3.05, 3.63) is 75.3 Å². The largest absolute Gasteiger partial charge is 0.465 e. The first-order chi connectivity index (χ1) is 17.5. The molecule has 0 aliphatic carbocycles. The number of hydrogen-bond acceptors (Lipinski definition) is 4. The van der Waals surface area contributed by atoms with E-state index in [4.69, 9.17) is 33.3 Å². The van der Waals surface area contributed by atoms with Crippen molar-refractivity contribution in [2.45, 2.75) is 40.3 Å². The summed E-state index contributed by atoms with van der Waals surface area (Å²) in [7, 11) is 0. The summed E-state index contributed by atoms with van der Waals surface area (Å²) in [5.74, 6) is 0.0232. The second-order valence-corrected chi connectivity index (χ2v) is 10.6. The molecule has 0 radical (unpaired) electrons. The first kappa shape index (κ1) is 28.5. The quantitative estimate of drug-likeness (QED) is 0.342. The minimum atomic E-state index is -1.19. The standard InChI is InChI=1S/C27H32Cl2N4O4/c1-17(2)22(32(13-12-30-26(36)37)25(35)27(3,4)16-28)23-31-21-14-19(29)10-11-20(21)24(34)33(23)15-18-8-6-5-7-9-18/h5-11,14,17,22,30H,12-13,15-16H2,1-4H3,(H,36,37). The Labute approximate surface area is 226 Å². The molecule has 2 aromatic carbocycles. The Bertz CT molecular complexity index is 1330. The minimum absolute atomic E-state index is 0.00495. The van der Waals surface area contributed by atoms with Crippen LogP contribution < -0.4 is 10.9 Å². The van der Waals surface area contributed by atoms with Crippen molar-refractivity contribution >= 4 is 46.1 Å². The fourth-order valence-electron chi connectivity index (χ4n) is 4.25. The molecule has 198 valence electrons. The molecule has 37 heavy (non-hydrogen) atoms. The summed E-state index contributed by atoms with van der Waals surface area (Å²) in [6.07, 6.45) is -1.19. The van der Waals surface area contributed by atoms with E-state index in [9.17, 15) is 14.4 Å². The average Bonchev–Trinajstić information content (AvgIpc) is 2.85. The topological polar surface area (TPSA) is 105 Å². The van der Waals surface area contributed by atoms with Gasteiger partial charge in [0.05, 0.1) is 28.9 Å². The van der Waals surface area contributed by atoms with Gasteiger partial charge in [-0.2, -0.15) is 0 Å². The molecule has 1 unspecified atom stereocenters. The lowest BCUT2D eigenvalue weighted by Gasteiger charge is -2.39. The lowest BCUT2D eigenvalue weighted by atomic mass is 9.91. The average molecular weight is 547 g/mol. The Hall–Kier alpha value is -3.10. The zero-order valence-corrected chi connectivity index (χ0v) is 22.9. The van der Waals surface area contributed by atoms with Crippen LogP contribution in [0, 0.1) is 11.3 Å². The molecule has 1 aromatic heterocycles. The van der Waals surface area contributed by atoms with Gasteiger partial charge < -0.3 is 15.3 Å². The van der Waals surface area contributed by atoms with E-state index in [1.165, 1.54) is 0 Å². The molecular formula is C27H32Cl2N4O4. The molecule has 0 spiro atoms. The fraction of sp³-hybridized carbons (Fsp3) is 0.407. The number of aromatic nitrogens is 2. The fourth-order valence-corrected chi connectivity index (χ4v) is 4.53. The maximum absolute atomic E-state index is 13.8. The third kappa shape index (κ3) is 6.62. The molecule has 3 aromatic rings. The first-order valence-corrected chi connectivity index (χ1v) is 12.9. The highest BCUT2D eigenvalue weighted by Crippen LogP contribution is 2.33. The monoisotopic (exact) mass is 546 g/mol. The number of amides is 2. The van der Waals surface area contributed by atoms with E-state index >= 15 is 0 Å². The molecule has 2 N–H and O–H groups in total. The third-order valence-corrected chi connectivity index (χ3v) is 7.07. The second kappa shape index (κ2) is 12.0. The molecule has 1 atom stereocenters. The Balaban J connectivity index is 2.27. The predicted molar refractivity (Wildman–Crippen MR) is 146 cm³/mol. The molecule has 0 saturated carbocycles. The number of fused-ring (bicyclic) bond motifs is 1. The van der Waals surface area contributed by atoms with Gasteiger partial charge in [-0.15, -0.1) is 11.6 Å². The van der Waals surface area contributed by atoms with Gasteiger partial charge in [-0.25, -0.2) is 9.78 Å². The number of carbonyl (C=O) groups excluding carboxylic acids is 1. The molecule has 2 amide bonds. The van der Waals surface area contributed by atoms with E-state index in [1.807, 2.05) is 44.2 Å². The van der Waals surface area contributed by atoms with Crippen molar-refractivity contribution < 1.29 is 14.7 Å². The molecule has 0 saturated heterocycles. The van der Waals surface area contributed by atoms with Crippen LogP contribution in [0.1, 0.15) is 45.1 Å². The molecule has 0 fully saturated rings. The second-order valence-electron chi connectivity index (χ2n) is 9.95. The van der Waals surface area contributed by atoms with Gasteiger partial charge in [-0.3, -0.25) is 14.2 Å². The van der Waals surface area contributed by atoms with Crippen LogP contribution in [-0.4, -0.2) is 50.5 Å². The number of rotatable bonds is 10. The minimum Gasteiger partial charge on any atom is -0.465 e. The zero-order valence-electron chi connectivity index (χ0n) is 21.4. The number of alkyl halides is 1. The number of benzene rings is 2. The summed E-state index contributed by atoms with van der Waals surface area (Å²) >= 11 is 12.4. The van der Waals surface area contributed by atoms with Crippen LogP contribution in [0.5, 0.6) is 0 Å². The van der Waals surface area contributed by atoms with E-state index in [2.05, 4.69) is 5.32 Å². The van der Waals surface area contributed by atoms with Crippen molar-refractivity contribution in [3.8, 4) is 0 Å². The van der Waals surface area contributed by atoms with Crippen molar-refractivity contribution in [2.24, 2.45) is 11.3 Å². The van der Waals surface area contributed by atoms with E-state index in [-0.39, 0.29) is 42.9 Å². The molecule has 0 aliphatic heterocycles. The third-order valence-electron chi connectivity index (χ3n) is 6.17. The van der Waals surface area contributed by atoms with Crippen molar-refractivity contribution in [1.29, 1.82) is 0 Å². The van der Waals surface area contributed by atoms with Crippen LogP contribution in [0.25, 0.3) is 10.9 Å². The van der Waals surface area contributed by atoms with E-state index < -0.39 is 17.6 Å². The van der Waals surface area contributed by atoms with E-state index in [0.29, 0.717) is 21.7 Å². The van der Waals surface area contributed by atoms with Crippen LogP contribution in [0.3, 0.4) is 0 Å². The number of hydrogen-bond donors (Lipinski definition) is 2. The number of carbonyl (C=O) groups is 2. The van der Waals surface area contributed by atoms with Gasteiger partial charge in [0.15, 0.2) is 0 Å².